The van der Waals surface area contributed by atoms with Gasteiger partial charge in [0.2, 0.25) is 5.91 Å². The maximum absolute atomic E-state index is 12.0. The van der Waals surface area contributed by atoms with Crippen molar-refractivity contribution in [3.05, 3.63) is 33.8 Å². The molecule has 21 heavy (non-hydrogen) atoms. The molecule has 0 aliphatic carbocycles. The Hall–Kier alpha value is -0.810. The number of nitrogens with one attached hydrogen (secondary N) is 1. The molecule has 1 amide bonds. The molecule has 6 heteroatoms. The first-order valence-electron chi connectivity index (χ1n) is 7.05. The van der Waals surface area contributed by atoms with Crippen molar-refractivity contribution in [2.24, 2.45) is 0 Å². The van der Waals surface area contributed by atoms with Gasteiger partial charge in [-0.25, -0.2) is 0 Å². The second-order valence-corrected chi connectivity index (χ2v) is 6.48. The third kappa shape index (κ3) is 4.85. The van der Waals surface area contributed by atoms with Crippen LogP contribution in [0.2, 0.25) is 10.0 Å². The van der Waals surface area contributed by atoms with Crippen LogP contribution in [-0.4, -0.2) is 55.5 Å². The SMILES string of the molecule is CN(C)[C@@H]1CCN(CC(=O)NCc2ccc(Cl)c(Cl)c2)C1. The van der Waals surface area contributed by atoms with Crippen LogP contribution in [0.4, 0.5) is 0 Å². The standard InChI is InChI=1S/C15H21Cl2N3O/c1-19(2)12-5-6-20(9-12)10-15(21)18-8-11-3-4-13(16)14(17)7-11/h3-4,7,12H,5-6,8-10H2,1-2H3,(H,18,21)/t12-/m1/s1. The van der Waals surface area contributed by atoms with Crippen LogP contribution in [0, 0.1) is 0 Å². The third-order valence-electron chi connectivity index (χ3n) is 3.82. The van der Waals surface area contributed by atoms with E-state index in [9.17, 15) is 4.79 Å². The normalized spacial score (nSPS) is 19.2. The van der Waals surface area contributed by atoms with Gasteiger partial charge in [0, 0.05) is 25.7 Å². The van der Waals surface area contributed by atoms with Crippen molar-refractivity contribution in [1.82, 2.24) is 15.1 Å². The number of benzene rings is 1. The molecule has 1 saturated heterocycles. The molecule has 1 aromatic carbocycles. The molecule has 1 aliphatic heterocycles. The highest BCUT2D eigenvalue weighted by molar-refractivity contribution is 6.42. The average molecular weight is 330 g/mol. The van der Waals surface area contributed by atoms with Crippen molar-refractivity contribution in [2.45, 2.75) is 19.0 Å². The fourth-order valence-corrected chi connectivity index (χ4v) is 2.81. The topological polar surface area (TPSA) is 35.6 Å². The van der Waals surface area contributed by atoms with Crippen LogP contribution < -0.4 is 5.32 Å². The lowest BCUT2D eigenvalue weighted by Crippen LogP contribution is -2.38. The highest BCUT2D eigenvalue weighted by Gasteiger charge is 2.25. The number of carbonyl (C=O) groups excluding carboxylic acids is 1. The number of halogens is 2. The summed E-state index contributed by atoms with van der Waals surface area (Å²) >= 11 is 11.8. The quantitative estimate of drug-likeness (QED) is 0.899. The lowest BCUT2D eigenvalue weighted by molar-refractivity contribution is -0.122. The van der Waals surface area contributed by atoms with E-state index in [-0.39, 0.29) is 5.91 Å². The molecular formula is C15H21Cl2N3O. The molecule has 0 saturated carbocycles. The monoisotopic (exact) mass is 329 g/mol. The van der Waals surface area contributed by atoms with Gasteiger partial charge in [0.15, 0.2) is 0 Å². The Kier molecular flexibility index (Phi) is 5.88. The van der Waals surface area contributed by atoms with E-state index in [1.807, 2.05) is 6.07 Å². The number of hydrogen-bond donors (Lipinski definition) is 1. The van der Waals surface area contributed by atoms with E-state index in [0.29, 0.717) is 29.2 Å². The fourth-order valence-electron chi connectivity index (χ4n) is 2.49. The number of likely N-dealkylation sites (tertiary alicyclic amines) is 1. The summed E-state index contributed by atoms with van der Waals surface area (Å²) in [6.07, 6.45) is 1.12. The van der Waals surface area contributed by atoms with Gasteiger partial charge < -0.3 is 10.2 Å². The lowest BCUT2D eigenvalue weighted by Gasteiger charge is -2.20. The summed E-state index contributed by atoms with van der Waals surface area (Å²) in [7, 11) is 4.16. The van der Waals surface area contributed by atoms with Crippen molar-refractivity contribution >= 4 is 29.1 Å². The average Bonchev–Trinajstić information content (AvgIpc) is 2.89. The summed E-state index contributed by atoms with van der Waals surface area (Å²) < 4.78 is 0. The number of likely N-dealkylation sites (N-methyl/N-ethyl adjacent to an activating group) is 1. The number of hydrogen-bond acceptors (Lipinski definition) is 3. The van der Waals surface area contributed by atoms with Crippen LogP contribution in [0.15, 0.2) is 18.2 Å². The Morgan fingerprint density at radius 2 is 2.14 bits per heavy atom. The van der Waals surface area contributed by atoms with Crippen molar-refractivity contribution in [3.63, 3.8) is 0 Å². The Balaban J connectivity index is 1.76. The number of amides is 1. The summed E-state index contributed by atoms with van der Waals surface area (Å²) in [4.78, 5) is 16.4. The van der Waals surface area contributed by atoms with Gasteiger partial charge in [-0.1, -0.05) is 29.3 Å². The van der Waals surface area contributed by atoms with Gasteiger partial charge in [-0.2, -0.15) is 0 Å². The van der Waals surface area contributed by atoms with Crippen molar-refractivity contribution in [3.8, 4) is 0 Å². The molecular weight excluding hydrogens is 309 g/mol. The largest absolute Gasteiger partial charge is 0.351 e. The number of rotatable bonds is 5. The summed E-state index contributed by atoms with van der Waals surface area (Å²) in [5.41, 5.74) is 0.949. The molecule has 1 heterocycles. The van der Waals surface area contributed by atoms with E-state index in [4.69, 9.17) is 23.2 Å². The maximum atomic E-state index is 12.0. The van der Waals surface area contributed by atoms with E-state index >= 15 is 0 Å². The smallest absolute Gasteiger partial charge is 0.234 e. The molecule has 4 nitrogen and oxygen atoms in total. The molecule has 1 aromatic rings. The van der Waals surface area contributed by atoms with Gasteiger partial charge >= 0.3 is 0 Å². The van der Waals surface area contributed by atoms with Gasteiger partial charge in [0.05, 0.1) is 16.6 Å². The summed E-state index contributed by atoms with van der Waals surface area (Å²) in [5, 5.41) is 3.96. The lowest BCUT2D eigenvalue weighted by atomic mass is 10.2. The van der Waals surface area contributed by atoms with Crippen LogP contribution in [0.5, 0.6) is 0 Å². The first-order valence-corrected chi connectivity index (χ1v) is 7.80. The van der Waals surface area contributed by atoms with Crippen LogP contribution in [0.25, 0.3) is 0 Å². The van der Waals surface area contributed by atoms with Crippen molar-refractivity contribution in [1.29, 1.82) is 0 Å². The van der Waals surface area contributed by atoms with Gasteiger partial charge in [-0.05, 0) is 38.2 Å². The van der Waals surface area contributed by atoms with Crippen LogP contribution in [0.3, 0.4) is 0 Å². The van der Waals surface area contributed by atoms with Gasteiger partial charge in [0.1, 0.15) is 0 Å². The fraction of sp³-hybridized carbons (Fsp3) is 0.533. The van der Waals surface area contributed by atoms with E-state index in [1.165, 1.54) is 0 Å². The first-order chi connectivity index (χ1) is 9.95. The third-order valence-corrected chi connectivity index (χ3v) is 4.56. The van der Waals surface area contributed by atoms with E-state index in [0.717, 1.165) is 25.1 Å². The maximum Gasteiger partial charge on any atom is 0.234 e. The molecule has 2 rings (SSSR count). The van der Waals surface area contributed by atoms with Gasteiger partial charge in [-0.3, -0.25) is 9.69 Å². The van der Waals surface area contributed by atoms with Crippen molar-refractivity contribution < 1.29 is 4.79 Å². The predicted octanol–water partition coefficient (Wildman–Crippen LogP) is 2.25. The minimum atomic E-state index is 0.0421. The molecule has 0 bridgehead atoms. The summed E-state index contributed by atoms with van der Waals surface area (Å²) in [5.74, 6) is 0.0421. The summed E-state index contributed by atoms with van der Waals surface area (Å²) in [6.45, 7) is 2.85. The molecule has 0 aromatic heterocycles. The van der Waals surface area contributed by atoms with Gasteiger partial charge in [-0.15, -0.1) is 0 Å². The Labute approximate surface area is 136 Å². The Morgan fingerprint density at radius 1 is 1.38 bits per heavy atom. The molecule has 0 radical (unpaired) electrons. The zero-order valence-corrected chi connectivity index (χ0v) is 13.9. The molecule has 1 atom stereocenters. The Bertz CT molecular complexity index is 508. The highest BCUT2D eigenvalue weighted by atomic mass is 35.5. The van der Waals surface area contributed by atoms with Crippen LogP contribution in [0.1, 0.15) is 12.0 Å². The van der Waals surface area contributed by atoms with Gasteiger partial charge in [0.25, 0.3) is 0 Å². The van der Waals surface area contributed by atoms with E-state index < -0.39 is 0 Å². The molecule has 0 spiro atoms. The first kappa shape index (κ1) is 16.6. The predicted molar refractivity (Wildman–Crippen MR) is 86.8 cm³/mol. The van der Waals surface area contributed by atoms with E-state index in [1.54, 1.807) is 12.1 Å². The Morgan fingerprint density at radius 3 is 2.76 bits per heavy atom. The zero-order valence-electron chi connectivity index (χ0n) is 12.4. The molecule has 116 valence electrons. The van der Waals surface area contributed by atoms with Crippen molar-refractivity contribution in [2.75, 3.05) is 33.7 Å². The molecule has 1 fully saturated rings. The van der Waals surface area contributed by atoms with E-state index in [2.05, 4.69) is 29.2 Å². The molecule has 1 N–H and O–H groups in total. The molecule has 0 unspecified atom stereocenters. The van der Waals surface area contributed by atoms with Crippen LogP contribution >= 0.6 is 23.2 Å². The highest BCUT2D eigenvalue weighted by Crippen LogP contribution is 2.22. The second-order valence-electron chi connectivity index (χ2n) is 5.67. The minimum absolute atomic E-state index is 0.0421. The zero-order chi connectivity index (χ0) is 15.4. The molecule has 1 aliphatic rings. The second kappa shape index (κ2) is 7.45. The number of carbonyl (C=O) groups is 1. The number of nitrogens with zero attached hydrogens (tertiary/aromatic N) is 2. The summed E-state index contributed by atoms with van der Waals surface area (Å²) in [6, 6.07) is 5.94. The minimum Gasteiger partial charge on any atom is -0.351 e. The van der Waals surface area contributed by atoms with Crippen LogP contribution in [-0.2, 0) is 11.3 Å².